The zero-order valence-electron chi connectivity index (χ0n) is 7.38. The molecule has 0 aromatic rings. The Morgan fingerprint density at radius 3 is 2.83 bits per heavy atom. The lowest BCUT2D eigenvalue weighted by Crippen LogP contribution is -2.15. The van der Waals surface area contributed by atoms with Crippen LogP contribution in [-0.2, 0) is 0 Å². The standard InChI is InChI=1S/C9H14BrNS/c1-3-12-9-4-6(2)7(10)5-8(9)11/h4-7H,3,11H2,1-2H3. The molecule has 0 saturated carbocycles. The summed E-state index contributed by atoms with van der Waals surface area (Å²) in [5.74, 6) is 1.63. The molecule has 2 atom stereocenters. The second-order valence-electron chi connectivity index (χ2n) is 2.89. The van der Waals surface area contributed by atoms with Gasteiger partial charge in [0.1, 0.15) is 0 Å². The van der Waals surface area contributed by atoms with Crippen molar-refractivity contribution in [2.45, 2.75) is 18.7 Å². The van der Waals surface area contributed by atoms with Crippen molar-refractivity contribution in [3.05, 3.63) is 22.8 Å². The van der Waals surface area contributed by atoms with Crippen LogP contribution >= 0.6 is 27.7 Å². The number of alkyl halides is 1. The monoisotopic (exact) mass is 247 g/mol. The molecule has 0 radical (unpaired) electrons. The van der Waals surface area contributed by atoms with Crippen molar-refractivity contribution >= 4 is 27.7 Å². The predicted octanol–water partition coefficient (Wildman–Crippen LogP) is 2.88. The second-order valence-corrected chi connectivity index (χ2v) is 5.25. The van der Waals surface area contributed by atoms with E-state index in [1.165, 1.54) is 4.91 Å². The third-order valence-electron chi connectivity index (χ3n) is 1.84. The second kappa shape index (κ2) is 4.38. The smallest absolute Gasteiger partial charge is 0.0420 e. The third kappa shape index (κ3) is 2.30. The van der Waals surface area contributed by atoms with Crippen molar-refractivity contribution in [3.63, 3.8) is 0 Å². The van der Waals surface area contributed by atoms with Crippen LogP contribution in [0.25, 0.3) is 0 Å². The third-order valence-corrected chi connectivity index (χ3v) is 3.91. The van der Waals surface area contributed by atoms with Crippen molar-refractivity contribution in [3.8, 4) is 0 Å². The van der Waals surface area contributed by atoms with Gasteiger partial charge in [0.05, 0.1) is 0 Å². The molecule has 0 fully saturated rings. The quantitative estimate of drug-likeness (QED) is 0.760. The molecule has 0 aliphatic heterocycles. The average Bonchev–Trinajstić information content (AvgIpc) is 2.01. The van der Waals surface area contributed by atoms with E-state index < -0.39 is 0 Å². The number of hydrogen-bond donors (Lipinski definition) is 1. The van der Waals surface area contributed by atoms with Gasteiger partial charge in [-0.3, -0.25) is 0 Å². The first kappa shape index (κ1) is 10.2. The maximum absolute atomic E-state index is 5.86. The molecule has 2 unspecified atom stereocenters. The van der Waals surface area contributed by atoms with E-state index in [9.17, 15) is 0 Å². The van der Waals surface area contributed by atoms with E-state index >= 15 is 0 Å². The molecule has 12 heavy (non-hydrogen) atoms. The molecule has 68 valence electrons. The van der Waals surface area contributed by atoms with E-state index in [2.05, 4.69) is 41.9 Å². The van der Waals surface area contributed by atoms with Crippen LogP contribution in [0.4, 0.5) is 0 Å². The number of halogens is 1. The SMILES string of the molecule is CCSC1=CC(C)C(Br)C=C1N. The van der Waals surface area contributed by atoms with E-state index in [0.29, 0.717) is 10.7 Å². The van der Waals surface area contributed by atoms with Gasteiger partial charge in [-0.05, 0) is 17.7 Å². The Morgan fingerprint density at radius 1 is 1.58 bits per heavy atom. The maximum atomic E-state index is 5.86. The van der Waals surface area contributed by atoms with Crippen molar-refractivity contribution in [1.29, 1.82) is 0 Å². The van der Waals surface area contributed by atoms with Crippen LogP contribution in [-0.4, -0.2) is 10.6 Å². The number of nitrogens with two attached hydrogens (primary N) is 1. The van der Waals surface area contributed by atoms with Crippen molar-refractivity contribution in [2.24, 2.45) is 11.7 Å². The summed E-state index contributed by atoms with van der Waals surface area (Å²) in [6.07, 6.45) is 4.32. The predicted molar refractivity (Wildman–Crippen MR) is 60.4 cm³/mol. The van der Waals surface area contributed by atoms with Crippen molar-refractivity contribution < 1.29 is 0 Å². The molecule has 0 aromatic heterocycles. The molecule has 1 rings (SSSR count). The van der Waals surface area contributed by atoms with Gasteiger partial charge in [-0.25, -0.2) is 0 Å². The Hall–Kier alpha value is 0.110. The van der Waals surface area contributed by atoms with E-state index in [4.69, 9.17) is 5.73 Å². The summed E-state index contributed by atoms with van der Waals surface area (Å²) in [6.45, 7) is 4.34. The minimum absolute atomic E-state index is 0.402. The highest BCUT2D eigenvalue weighted by molar-refractivity contribution is 9.09. The van der Waals surface area contributed by atoms with Gasteiger partial charge in [0.25, 0.3) is 0 Å². The van der Waals surface area contributed by atoms with Gasteiger partial charge in [0, 0.05) is 15.4 Å². The van der Waals surface area contributed by atoms with Crippen molar-refractivity contribution in [1.82, 2.24) is 0 Å². The molecular weight excluding hydrogens is 234 g/mol. The molecule has 0 amide bonds. The lowest BCUT2D eigenvalue weighted by Gasteiger charge is -2.20. The minimum Gasteiger partial charge on any atom is -0.398 e. The molecule has 2 N–H and O–H groups in total. The Balaban J connectivity index is 2.74. The molecular formula is C9H14BrNS. The van der Waals surface area contributed by atoms with Gasteiger partial charge in [-0.2, -0.15) is 0 Å². The van der Waals surface area contributed by atoms with E-state index in [1.807, 2.05) is 11.8 Å². The molecule has 1 aliphatic carbocycles. The average molecular weight is 248 g/mol. The largest absolute Gasteiger partial charge is 0.398 e. The Bertz CT molecular complexity index is 223. The summed E-state index contributed by atoms with van der Waals surface area (Å²) in [5.41, 5.74) is 6.78. The molecule has 0 bridgehead atoms. The number of allylic oxidation sites excluding steroid dienone is 2. The summed E-state index contributed by atoms with van der Waals surface area (Å²) in [6, 6.07) is 0. The van der Waals surface area contributed by atoms with Gasteiger partial charge in [0.2, 0.25) is 0 Å². The molecule has 1 aliphatic rings. The van der Waals surface area contributed by atoms with Crippen LogP contribution in [0.3, 0.4) is 0 Å². The van der Waals surface area contributed by atoms with Crippen LogP contribution < -0.4 is 5.73 Å². The van der Waals surface area contributed by atoms with Crippen LogP contribution in [0.5, 0.6) is 0 Å². The topological polar surface area (TPSA) is 26.0 Å². The van der Waals surface area contributed by atoms with E-state index in [-0.39, 0.29) is 0 Å². The minimum atomic E-state index is 0.402. The normalized spacial score (nSPS) is 29.6. The summed E-state index contributed by atoms with van der Waals surface area (Å²) < 4.78 is 0. The fraction of sp³-hybridized carbons (Fsp3) is 0.556. The van der Waals surface area contributed by atoms with Gasteiger partial charge in [-0.1, -0.05) is 35.9 Å². The van der Waals surface area contributed by atoms with Gasteiger partial charge in [0.15, 0.2) is 0 Å². The number of thioether (sulfide) groups is 1. The number of rotatable bonds is 2. The van der Waals surface area contributed by atoms with Crippen LogP contribution in [0.2, 0.25) is 0 Å². The van der Waals surface area contributed by atoms with Gasteiger partial charge >= 0.3 is 0 Å². The highest BCUT2D eigenvalue weighted by Gasteiger charge is 2.17. The molecule has 0 saturated heterocycles. The fourth-order valence-corrected chi connectivity index (χ4v) is 2.41. The summed E-state index contributed by atoms with van der Waals surface area (Å²) in [4.78, 5) is 1.64. The molecule has 1 nitrogen and oxygen atoms in total. The van der Waals surface area contributed by atoms with Gasteiger partial charge < -0.3 is 5.73 Å². The highest BCUT2D eigenvalue weighted by atomic mass is 79.9. The molecule has 0 spiro atoms. The Morgan fingerprint density at radius 2 is 2.25 bits per heavy atom. The maximum Gasteiger partial charge on any atom is 0.0420 e. The van der Waals surface area contributed by atoms with Crippen LogP contribution in [0, 0.1) is 5.92 Å². The van der Waals surface area contributed by atoms with Crippen molar-refractivity contribution in [2.75, 3.05) is 5.75 Å². The molecule has 3 heteroatoms. The Labute approximate surface area is 86.6 Å². The highest BCUT2D eigenvalue weighted by Crippen LogP contribution is 2.31. The zero-order chi connectivity index (χ0) is 9.14. The summed E-state index contributed by atoms with van der Waals surface area (Å²) in [5, 5.41) is 0. The first-order chi connectivity index (χ1) is 5.65. The molecule has 0 aromatic carbocycles. The van der Waals surface area contributed by atoms with E-state index in [1.54, 1.807) is 0 Å². The first-order valence-electron chi connectivity index (χ1n) is 4.11. The lowest BCUT2D eigenvalue weighted by atomic mass is 10.0. The van der Waals surface area contributed by atoms with Gasteiger partial charge in [-0.15, -0.1) is 11.8 Å². The van der Waals surface area contributed by atoms with Crippen LogP contribution in [0.15, 0.2) is 22.8 Å². The summed E-state index contributed by atoms with van der Waals surface area (Å²) in [7, 11) is 0. The van der Waals surface area contributed by atoms with E-state index in [0.717, 1.165) is 11.4 Å². The first-order valence-corrected chi connectivity index (χ1v) is 6.01. The fourth-order valence-electron chi connectivity index (χ4n) is 1.12. The lowest BCUT2D eigenvalue weighted by molar-refractivity contribution is 0.752. The summed E-state index contributed by atoms with van der Waals surface area (Å²) >= 11 is 5.38. The van der Waals surface area contributed by atoms with Crippen LogP contribution in [0.1, 0.15) is 13.8 Å². The molecule has 0 heterocycles. The Kier molecular flexibility index (Phi) is 3.72. The number of hydrogen-bond acceptors (Lipinski definition) is 2. The zero-order valence-corrected chi connectivity index (χ0v) is 9.78.